The van der Waals surface area contributed by atoms with Crippen molar-refractivity contribution in [2.24, 2.45) is 0 Å². The molecule has 5 nitrogen and oxygen atoms in total. The Morgan fingerprint density at radius 3 is 2.34 bits per heavy atom. The van der Waals surface area contributed by atoms with E-state index in [0.29, 0.717) is 25.9 Å². The average molecular weight is 528 g/mol. The lowest BCUT2D eigenvalue weighted by molar-refractivity contribution is -0.132. The molecule has 0 saturated carbocycles. The molecule has 212 valence electrons. The minimum atomic E-state index is -0.254. The quantitative estimate of drug-likeness (QED) is 0.351. The molecule has 1 fully saturated rings. The van der Waals surface area contributed by atoms with Gasteiger partial charge in [-0.3, -0.25) is 4.79 Å². The summed E-state index contributed by atoms with van der Waals surface area (Å²) in [7, 11) is 0. The van der Waals surface area contributed by atoms with Crippen LogP contribution in [0.4, 0.5) is 4.39 Å². The fourth-order valence-electron chi connectivity index (χ4n) is 4.18. The second-order valence-electron chi connectivity index (χ2n) is 7.92. The van der Waals surface area contributed by atoms with Gasteiger partial charge in [-0.15, -0.1) is 0 Å². The Balaban J connectivity index is 0.00000157. The number of carbonyl (C=O) groups is 1. The Morgan fingerprint density at radius 2 is 1.68 bits per heavy atom. The van der Waals surface area contributed by atoms with Crippen LogP contribution in [0.15, 0.2) is 61.1 Å². The molecule has 2 heterocycles. The van der Waals surface area contributed by atoms with E-state index in [0.717, 1.165) is 36.2 Å². The van der Waals surface area contributed by atoms with Gasteiger partial charge in [0, 0.05) is 43.9 Å². The first-order valence-electron chi connectivity index (χ1n) is 14.4. The number of hydrogen-bond donors (Lipinski definition) is 1. The number of amides is 1. The van der Waals surface area contributed by atoms with E-state index in [1.807, 2.05) is 83.1 Å². The first-order valence-corrected chi connectivity index (χ1v) is 14.4. The van der Waals surface area contributed by atoms with E-state index in [-0.39, 0.29) is 23.4 Å². The molecule has 0 bridgehead atoms. The molecule has 1 amide bonds. The van der Waals surface area contributed by atoms with Crippen molar-refractivity contribution in [2.45, 2.75) is 93.5 Å². The molecular formula is C32H50FN3O2. The minimum Gasteiger partial charge on any atom is -0.508 e. The van der Waals surface area contributed by atoms with Crippen LogP contribution < -0.4 is 0 Å². The Kier molecular flexibility index (Phi) is 19.1. The van der Waals surface area contributed by atoms with Crippen molar-refractivity contribution in [2.75, 3.05) is 13.1 Å². The summed E-state index contributed by atoms with van der Waals surface area (Å²) in [5.74, 6) is 0.407. The third-order valence-corrected chi connectivity index (χ3v) is 5.75. The summed E-state index contributed by atoms with van der Waals surface area (Å²) < 4.78 is 15.4. The Bertz CT molecular complexity index is 1020. The van der Waals surface area contributed by atoms with Crippen molar-refractivity contribution in [3.8, 4) is 5.75 Å². The topological polar surface area (TPSA) is 58.4 Å². The summed E-state index contributed by atoms with van der Waals surface area (Å²) in [5, 5.41) is 9.75. The SMILES string of the molecule is CC.CC.CC.CC.O=C(CCc1cncn1Cc1cccc(F)c1)N1CCCC(c2cccc(O)c2)C1. The predicted molar refractivity (Wildman–Crippen MR) is 158 cm³/mol. The zero-order valence-electron chi connectivity index (χ0n) is 24.9. The third-order valence-electron chi connectivity index (χ3n) is 5.75. The number of aryl methyl sites for hydroxylation is 1. The highest BCUT2D eigenvalue weighted by molar-refractivity contribution is 5.76. The van der Waals surface area contributed by atoms with Crippen molar-refractivity contribution in [1.29, 1.82) is 0 Å². The lowest BCUT2D eigenvalue weighted by Gasteiger charge is -2.33. The monoisotopic (exact) mass is 527 g/mol. The van der Waals surface area contributed by atoms with E-state index < -0.39 is 0 Å². The molecule has 2 aromatic carbocycles. The van der Waals surface area contributed by atoms with Gasteiger partial charge in [-0.2, -0.15) is 0 Å². The summed E-state index contributed by atoms with van der Waals surface area (Å²) in [6.45, 7) is 18.0. The number of imidazole rings is 1. The molecule has 1 saturated heterocycles. The van der Waals surface area contributed by atoms with E-state index in [1.165, 1.54) is 12.1 Å². The Labute approximate surface area is 230 Å². The van der Waals surface area contributed by atoms with Crippen LogP contribution in [0.1, 0.15) is 97.4 Å². The molecule has 1 aliphatic rings. The van der Waals surface area contributed by atoms with Gasteiger partial charge in [-0.1, -0.05) is 79.7 Å². The normalized spacial score (nSPS) is 13.7. The van der Waals surface area contributed by atoms with E-state index >= 15 is 0 Å². The van der Waals surface area contributed by atoms with Crippen molar-refractivity contribution < 1.29 is 14.3 Å². The maximum atomic E-state index is 13.4. The molecule has 0 radical (unpaired) electrons. The fraction of sp³-hybridized carbons (Fsp3) is 0.500. The van der Waals surface area contributed by atoms with Crippen molar-refractivity contribution in [1.82, 2.24) is 14.5 Å². The highest BCUT2D eigenvalue weighted by atomic mass is 19.1. The smallest absolute Gasteiger partial charge is 0.222 e. The van der Waals surface area contributed by atoms with Crippen LogP contribution in [0, 0.1) is 5.82 Å². The summed E-state index contributed by atoms with van der Waals surface area (Å²) >= 11 is 0. The van der Waals surface area contributed by atoms with Gasteiger partial charge in [0.25, 0.3) is 0 Å². The third kappa shape index (κ3) is 11.5. The van der Waals surface area contributed by atoms with Gasteiger partial charge in [-0.25, -0.2) is 9.37 Å². The van der Waals surface area contributed by atoms with Crippen LogP contribution in [-0.2, 0) is 17.8 Å². The zero-order valence-corrected chi connectivity index (χ0v) is 24.9. The first-order chi connectivity index (χ1) is 18.6. The number of phenols is 1. The number of phenolic OH excluding ortho intramolecular Hbond substituents is 1. The van der Waals surface area contributed by atoms with Gasteiger partial charge in [0.1, 0.15) is 11.6 Å². The standard InChI is InChI=1S/C24H26FN3O2.4C2H6/c25-21-7-1-4-18(12-21)15-28-17-26-14-22(28)9-10-24(30)27-11-3-6-20(16-27)19-5-2-8-23(29)13-19;4*1-2/h1-2,4-5,7-8,12-14,17,20,29H,3,6,9-11,15-16H2;4*1-2H3. The number of aromatic hydroxyl groups is 1. The minimum absolute atomic E-state index is 0.137. The number of carbonyl (C=O) groups excluding carboxylic acids is 1. The summed E-state index contributed by atoms with van der Waals surface area (Å²) in [5.41, 5.74) is 2.92. The number of rotatable bonds is 6. The van der Waals surface area contributed by atoms with Crippen LogP contribution >= 0.6 is 0 Å². The van der Waals surface area contributed by atoms with Crippen LogP contribution in [0.5, 0.6) is 5.75 Å². The molecule has 0 aliphatic carbocycles. The van der Waals surface area contributed by atoms with Crippen molar-refractivity contribution >= 4 is 5.91 Å². The van der Waals surface area contributed by atoms with Gasteiger partial charge >= 0.3 is 0 Å². The number of likely N-dealkylation sites (tertiary alicyclic amines) is 1. The number of aromatic nitrogens is 2. The average Bonchev–Trinajstić information content (AvgIpc) is 3.43. The molecule has 38 heavy (non-hydrogen) atoms. The van der Waals surface area contributed by atoms with Gasteiger partial charge in [0.05, 0.1) is 6.33 Å². The molecule has 0 spiro atoms. The van der Waals surface area contributed by atoms with Crippen molar-refractivity contribution in [3.05, 3.63) is 83.7 Å². The molecule has 4 rings (SSSR count). The summed E-state index contributed by atoms with van der Waals surface area (Å²) in [4.78, 5) is 19.0. The summed E-state index contributed by atoms with van der Waals surface area (Å²) in [6, 6.07) is 13.9. The van der Waals surface area contributed by atoms with Gasteiger partial charge in [-0.05, 0) is 54.7 Å². The largest absolute Gasteiger partial charge is 0.508 e. The Morgan fingerprint density at radius 1 is 1.00 bits per heavy atom. The molecule has 1 N–H and O–H groups in total. The van der Waals surface area contributed by atoms with E-state index in [2.05, 4.69) is 4.98 Å². The second kappa shape index (κ2) is 20.9. The van der Waals surface area contributed by atoms with Gasteiger partial charge < -0.3 is 14.6 Å². The molecule has 6 heteroatoms. The number of nitrogens with zero attached hydrogens (tertiary/aromatic N) is 3. The lowest BCUT2D eigenvalue weighted by Crippen LogP contribution is -2.39. The zero-order chi connectivity index (χ0) is 28.9. The van der Waals surface area contributed by atoms with E-state index in [1.54, 1.807) is 30.7 Å². The molecule has 1 aromatic heterocycles. The molecule has 3 aromatic rings. The highest BCUT2D eigenvalue weighted by Crippen LogP contribution is 2.29. The lowest BCUT2D eigenvalue weighted by atomic mass is 9.90. The Hall–Kier alpha value is -3.15. The maximum Gasteiger partial charge on any atom is 0.222 e. The van der Waals surface area contributed by atoms with Crippen LogP contribution in [-0.4, -0.2) is 38.6 Å². The van der Waals surface area contributed by atoms with E-state index in [4.69, 9.17) is 0 Å². The number of halogens is 1. The van der Waals surface area contributed by atoms with Gasteiger partial charge in [0.15, 0.2) is 0 Å². The molecule has 1 unspecified atom stereocenters. The van der Waals surface area contributed by atoms with Crippen LogP contribution in [0.2, 0.25) is 0 Å². The number of piperidine rings is 1. The fourth-order valence-corrected chi connectivity index (χ4v) is 4.18. The van der Waals surface area contributed by atoms with Crippen LogP contribution in [0.25, 0.3) is 0 Å². The highest BCUT2D eigenvalue weighted by Gasteiger charge is 2.25. The van der Waals surface area contributed by atoms with Crippen molar-refractivity contribution in [3.63, 3.8) is 0 Å². The van der Waals surface area contributed by atoms with Gasteiger partial charge in [0.2, 0.25) is 5.91 Å². The van der Waals surface area contributed by atoms with Crippen LogP contribution in [0.3, 0.4) is 0 Å². The summed E-state index contributed by atoms with van der Waals surface area (Å²) in [6.07, 6.45) is 6.50. The maximum absolute atomic E-state index is 13.4. The molecular weight excluding hydrogens is 477 g/mol. The first kappa shape index (κ1) is 34.9. The number of benzene rings is 2. The second-order valence-corrected chi connectivity index (χ2v) is 7.92. The molecule has 1 atom stereocenters. The molecule has 1 aliphatic heterocycles. The number of hydrogen-bond acceptors (Lipinski definition) is 3. The van der Waals surface area contributed by atoms with E-state index in [9.17, 15) is 14.3 Å². The predicted octanol–water partition coefficient (Wildman–Crippen LogP) is 8.22.